The van der Waals surface area contributed by atoms with Crippen molar-refractivity contribution in [3.63, 3.8) is 0 Å². The molecule has 1 aromatic carbocycles. The van der Waals surface area contributed by atoms with Gasteiger partial charge in [-0.2, -0.15) is 0 Å². The Bertz CT molecular complexity index is 1910. The number of benzene rings is 1. The number of aryl methyl sites for hydroxylation is 1. The van der Waals surface area contributed by atoms with Crippen LogP contribution >= 0.6 is 18.5 Å². The summed E-state index contributed by atoms with van der Waals surface area (Å²) in [6.07, 6.45) is 4.46. The van der Waals surface area contributed by atoms with E-state index in [2.05, 4.69) is 22.2 Å². The molecule has 52 heavy (non-hydrogen) atoms. The molecule has 3 fully saturated rings. The van der Waals surface area contributed by atoms with Crippen molar-refractivity contribution in [1.82, 2.24) is 25.5 Å². The second-order valence-corrected chi connectivity index (χ2v) is 20.3. The van der Waals surface area contributed by atoms with Crippen molar-refractivity contribution in [1.29, 1.82) is 0 Å². The molecule has 0 radical (unpaired) electrons. The van der Waals surface area contributed by atoms with Gasteiger partial charge in [-0.25, -0.2) is 14.8 Å². The Morgan fingerprint density at radius 2 is 1.85 bits per heavy atom. The number of hydrogen-bond acceptors (Lipinski definition) is 10. The van der Waals surface area contributed by atoms with Crippen LogP contribution in [0.25, 0.3) is 22.2 Å². The summed E-state index contributed by atoms with van der Waals surface area (Å²) in [5.41, 5.74) is 0.596. The van der Waals surface area contributed by atoms with E-state index < -0.39 is 53.9 Å². The quantitative estimate of drug-likeness (QED) is 0.160. The number of carbonyl (C=O) groups excluding carboxylic acids is 3. The first-order valence-electron chi connectivity index (χ1n) is 17.9. The topological polar surface area (TPSA) is 149 Å². The molecule has 280 valence electrons. The van der Waals surface area contributed by atoms with Gasteiger partial charge in [0, 0.05) is 23.1 Å². The highest BCUT2D eigenvalue weighted by Crippen LogP contribution is 2.67. The summed E-state index contributed by atoms with van der Waals surface area (Å²) in [4.78, 5) is 53.0. The average molecular weight is 752 g/mol. The molecule has 3 aliphatic rings. The molecule has 3 amide bonds. The molecular formula is C38H50N5O7PS. The molecule has 2 aromatic heterocycles. The Morgan fingerprint density at radius 1 is 1.12 bits per heavy atom. The molecule has 2 aliphatic carbocycles. The smallest absolute Gasteiger partial charge is 0.408 e. The summed E-state index contributed by atoms with van der Waals surface area (Å²) < 4.78 is 31.3. The summed E-state index contributed by atoms with van der Waals surface area (Å²) in [6, 6.07) is 5.56. The molecule has 3 heterocycles. The number of hydrogen-bond donors (Lipinski definition) is 2. The van der Waals surface area contributed by atoms with E-state index in [1.165, 1.54) is 16.2 Å². The molecule has 5 unspecified atom stereocenters. The van der Waals surface area contributed by atoms with E-state index in [1.54, 1.807) is 26.5 Å². The maximum absolute atomic E-state index is 14.6. The third-order valence-corrected chi connectivity index (χ3v) is 13.9. The van der Waals surface area contributed by atoms with Crippen LogP contribution in [0.5, 0.6) is 11.6 Å². The van der Waals surface area contributed by atoms with Crippen molar-refractivity contribution in [2.45, 2.75) is 95.8 Å². The molecular weight excluding hydrogens is 701 g/mol. The highest BCUT2D eigenvalue weighted by atomic mass is 32.1. The fraction of sp³-hybridized carbons (Fsp3) is 0.553. The second kappa shape index (κ2) is 14.5. The minimum absolute atomic E-state index is 0.0516. The Balaban J connectivity index is 1.33. The van der Waals surface area contributed by atoms with Gasteiger partial charge in [0.25, 0.3) is 0 Å². The third-order valence-electron chi connectivity index (χ3n) is 10.5. The molecule has 6 rings (SSSR count). The molecule has 3 aromatic rings. The van der Waals surface area contributed by atoms with Crippen molar-refractivity contribution < 1.29 is 33.2 Å². The molecule has 14 heteroatoms. The van der Waals surface area contributed by atoms with Crippen molar-refractivity contribution >= 4 is 47.2 Å². The predicted molar refractivity (Wildman–Crippen MR) is 202 cm³/mol. The molecule has 1 saturated heterocycles. The Hall–Kier alpha value is -3.96. The van der Waals surface area contributed by atoms with Gasteiger partial charge in [0.1, 0.15) is 37.2 Å². The second-order valence-electron chi connectivity index (χ2n) is 15.7. The Kier molecular flexibility index (Phi) is 10.5. The van der Waals surface area contributed by atoms with E-state index in [-0.39, 0.29) is 25.0 Å². The third kappa shape index (κ3) is 7.71. The van der Waals surface area contributed by atoms with E-state index >= 15 is 0 Å². The number of carbonyl (C=O) groups is 3. The largest absolute Gasteiger partial charge is 0.497 e. The molecule has 2 saturated carbocycles. The fourth-order valence-electron chi connectivity index (χ4n) is 7.44. The fourth-order valence-corrected chi connectivity index (χ4v) is 9.97. The number of pyridine rings is 1. The van der Waals surface area contributed by atoms with Gasteiger partial charge in [-0.15, -0.1) is 17.9 Å². The maximum atomic E-state index is 14.6. The average Bonchev–Trinajstić information content (AvgIpc) is 3.46. The van der Waals surface area contributed by atoms with Crippen LogP contribution in [-0.4, -0.2) is 89.3 Å². The minimum atomic E-state index is -2.82. The van der Waals surface area contributed by atoms with Crippen LogP contribution in [-0.2, 0) is 18.9 Å². The number of nitrogens with one attached hydrogen (secondary N) is 2. The van der Waals surface area contributed by atoms with Gasteiger partial charge in [0.2, 0.25) is 17.7 Å². The molecule has 2 N–H and O–H groups in total. The number of nitrogens with zero attached hydrogens (tertiary/aromatic N) is 3. The van der Waals surface area contributed by atoms with Crippen LogP contribution in [0.2, 0.25) is 0 Å². The molecule has 0 spiro atoms. The molecule has 5 atom stereocenters. The van der Waals surface area contributed by atoms with Gasteiger partial charge in [-0.05, 0) is 87.4 Å². The number of rotatable bonds is 11. The number of alkyl carbamates (subject to hydrolysis) is 1. The lowest BCUT2D eigenvalue weighted by atomic mass is 9.85. The van der Waals surface area contributed by atoms with E-state index in [0.29, 0.717) is 29.4 Å². The number of methoxy groups -OCH3 is 1. The Morgan fingerprint density at radius 3 is 2.44 bits per heavy atom. The number of aromatic nitrogens is 2. The number of amides is 3. The summed E-state index contributed by atoms with van der Waals surface area (Å²) in [6.45, 7) is 14.8. The van der Waals surface area contributed by atoms with Crippen LogP contribution in [0.15, 0.2) is 42.3 Å². The lowest BCUT2D eigenvalue weighted by molar-refractivity contribution is -0.142. The van der Waals surface area contributed by atoms with Gasteiger partial charge >= 0.3 is 6.09 Å². The normalized spacial score (nSPS) is 24.0. The van der Waals surface area contributed by atoms with E-state index in [9.17, 15) is 18.9 Å². The Labute approximate surface area is 309 Å². The van der Waals surface area contributed by atoms with Crippen LogP contribution in [0, 0.1) is 18.3 Å². The van der Waals surface area contributed by atoms with Gasteiger partial charge in [-0.1, -0.05) is 26.8 Å². The minimum Gasteiger partial charge on any atom is -0.497 e. The SMILES string of the molecule is C=CC1CC1(NC(=O)C1CC(Oc2nc(-c3csc(C)n3)cc3cc(OC)ccc23)CN1C(=O)C(NC(=O)OC1CCCC1)C(C)(C)C)P(C)(C)=O. The van der Waals surface area contributed by atoms with Crippen molar-refractivity contribution in [2.75, 3.05) is 27.0 Å². The first-order valence-corrected chi connectivity index (χ1v) is 21.4. The zero-order chi connectivity index (χ0) is 37.6. The lowest BCUT2D eigenvalue weighted by Gasteiger charge is -2.35. The first kappa shape index (κ1) is 37.8. The highest BCUT2D eigenvalue weighted by Gasteiger charge is 2.62. The van der Waals surface area contributed by atoms with Crippen molar-refractivity contribution in [3.05, 3.63) is 47.3 Å². The molecule has 0 bridgehead atoms. The van der Waals surface area contributed by atoms with E-state index in [0.717, 1.165) is 41.5 Å². The number of ether oxygens (including phenoxy) is 3. The molecule has 12 nitrogen and oxygen atoms in total. The monoisotopic (exact) mass is 751 g/mol. The van der Waals surface area contributed by atoms with Crippen LogP contribution in [0.1, 0.15) is 64.3 Å². The van der Waals surface area contributed by atoms with E-state index in [4.69, 9.17) is 19.2 Å². The summed E-state index contributed by atoms with van der Waals surface area (Å²) >= 11 is 1.52. The number of thiazole rings is 1. The van der Waals surface area contributed by atoms with Crippen LogP contribution in [0.4, 0.5) is 4.79 Å². The lowest BCUT2D eigenvalue weighted by Crippen LogP contribution is -2.58. The van der Waals surface area contributed by atoms with Crippen LogP contribution in [0.3, 0.4) is 0 Å². The number of fused-ring (bicyclic) bond motifs is 1. The van der Waals surface area contributed by atoms with Gasteiger partial charge in [0.05, 0.1) is 35.3 Å². The zero-order valence-electron chi connectivity index (χ0n) is 31.1. The summed E-state index contributed by atoms with van der Waals surface area (Å²) in [5.74, 6) is -0.000735. The van der Waals surface area contributed by atoms with Gasteiger partial charge < -0.3 is 34.3 Å². The predicted octanol–water partition coefficient (Wildman–Crippen LogP) is 6.75. The van der Waals surface area contributed by atoms with Crippen molar-refractivity contribution in [2.24, 2.45) is 11.3 Å². The highest BCUT2D eigenvalue weighted by molar-refractivity contribution is 7.64. The zero-order valence-corrected chi connectivity index (χ0v) is 32.8. The van der Waals surface area contributed by atoms with E-state index in [1.807, 2.05) is 57.3 Å². The first-order chi connectivity index (χ1) is 24.5. The standard InChI is InChI=1S/C38H50N5O7PS/c1-9-24-19-38(24,51(7,8)47)42-33(44)31-18-27(20-43(31)35(45)32(37(3,4)5)41-36(46)50-25-12-10-11-13-25)49-34-28-15-14-26(48-6)16-23(28)17-29(40-34)30-21-52-22(2)39-30/h9,14-17,21,24-25,27,31-32H,1,10-13,18-20H2,2-8H3,(H,41,46)(H,42,44). The summed E-state index contributed by atoms with van der Waals surface area (Å²) in [5, 5.41) is 9.39. The van der Waals surface area contributed by atoms with Crippen molar-refractivity contribution in [3.8, 4) is 23.0 Å². The van der Waals surface area contributed by atoms with Crippen LogP contribution < -0.4 is 20.1 Å². The molecule has 1 aliphatic heterocycles. The maximum Gasteiger partial charge on any atom is 0.408 e. The van der Waals surface area contributed by atoms with Gasteiger partial charge in [0.15, 0.2) is 0 Å². The summed E-state index contributed by atoms with van der Waals surface area (Å²) in [7, 11) is -1.22. The van der Waals surface area contributed by atoms with Gasteiger partial charge in [-0.3, -0.25) is 9.59 Å². The number of likely N-dealkylation sites (tertiary alicyclic amines) is 1.